The molecule has 1 aliphatic rings. The van der Waals surface area contributed by atoms with Crippen LogP contribution in [0.2, 0.25) is 0 Å². The van der Waals surface area contributed by atoms with Crippen molar-refractivity contribution < 1.29 is 14.3 Å². The molecule has 2 rings (SSSR count). The zero-order chi connectivity index (χ0) is 11.5. The molecule has 0 bridgehead atoms. The number of hydrogen-bond acceptors (Lipinski definition) is 2. The number of hydrogen-bond donors (Lipinski definition) is 2. The van der Waals surface area contributed by atoms with Crippen molar-refractivity contribution in [3.8, 4) is 0 Å². The lowest BCUT2D eigenvalue weighted by molar-refractivity contribution is -0.140. The topological polar surface area (TPSA) is 49.3 Å². The number of carbonyl (C=O) groups is 1. The lowest BCUT2D eigenvalue weighted by Gasteiger charge is -2.28. The Morgan fingerprint density at radius 2 is 2.25 bits per heavy atom. The minimum Gasteiger partial charge on any atom is -0.480 e. The van der Waals surface area contributed by atoms with E-state index in [1.165, 1.54) is 12.1 Å². The highest BCUT2D eigenvalue weighted by Gasteiger charge is 2.26. The molecule has 3 nitrogen and oxygen atoms in total. The molecule has 1 saturated heterocycles. The molecule has 4 heteroatoms. The Morgan fingerprint density at radius 3 is 2.94 bits per heavy atom. The molecule has 1 heterocycles. The molecule has 0 amide bonds. The Hall–Kier alpha value is -1.42. The Balaban J connectivity index is 2.12. The van der Waals surface area contributed by atoms with Gasteiger partial charge in [0.05, 0.1) is 0 Å². The number of rotatable bonds is 2. The molecule has 0 saturated carbocycles. The smallest absolute Gasteiger partial charge is 0.320 e. The van der Waals surface area contributed by atoms with Crippen LogP contribution in [0.3, 0.4) is 0 Å². The summed E-state index contributed by atoms with van der Waals surface area (Å²) >= 11 is 0. The second-order valence-electron chi connectivity index (χ2n) is 4.10. The number of nitrogens with one attached hydrogen (secondary N) is 1. The fourth-order valence-electron chi connectivity index (χ4n) is 2.12. The molecule has 1 aromatic carbocycles. The summed E-state index contributed by atoms with van der Waals surface area (Å²) < 4.78 is 13.0. The molecule has 16 heavy (non-hydrogen) atoms. The average molecular weight is 223 g/mol. The van der Waals surface area contributed by atoms with Gasteiger partial charge in [0.25, 0.3) is 0 Å². The van der Waals surface area contributed by atoms with Gasteiger partial charge in [-0.1, -0.05) is 12.1 Å². The SMILES string of the molecule is O=C(O)C1CCCC(c2cccc(F)c2)N1. The number of benzene rings is 1. The summed E-state index contributed by atoms with van der Waals surface area (Å²) in [6.45, 7) is 0. The van der Waals surface area contributed by atoms with Crippen molar-refractivity contribution in [2.45, 2.75) is 31.3 Å². The van der Waals surface area contributed by atoms with E-state index in [1.54, 1.807) is 6.07 Å². The minimum atomic E-state index is -0.832. The lowest BCUT2D eigenvalue weighted by Crippen LogP contribution is -2.42. The van der Waals surface area contributed by atoms with Crippen molar-refractivity contribution in [2.75, 3.05) is 0 Å². The summed E-state index contributed by atoms with van der Waals surface area (Å²) in [5, 5.41) is 12.0. The molecular formula is C12H14FNO2. The van der Waals surface area contributed by atoms with Gasteiger partial charge in [-0.3, -0.25) is 10.1 Å². The average Bonchev–Trinajstić information content (AvgIpc) is 2.29. The van der Waals surface area contributed by atoms with Gasteiger partial charge in [-0.25, -0.2) is 4.39 Å². The zero-order valence-electron chi connectivity index (χ0n) is 8.82. The monoisotopic (exact) mass is 223 g/mol. The van der Waals surface area contributed by atoms with Gasteiger partial charge in [0.1, 0.15) is 11.9 Å². The van der Waals surface area contributed by atoms with E-state index in [9.17, 15) is 9.18 Å². The quantitative estimate of drug-likeness (QED) is 0.807. The second-order valence-corrected chi connectivity index (χ2v) is 4.10. The van der Waals surface area contributed by atoms with Crippen LogP contribution in [0.4, 0.5) is 4.39 Å². The van der Waals surface area contributed by atoms with Gasteiger partial charge in [-0.2, -0.15) is 0 Å². The van der Waals surface area contributed by atoms with Crippen LogP contribution in [0.1, 0.15) is 30.9 Å². The first-order chi connectivity index (χ1) is 7.66. The van der Waals surface area contributed by atoms with Gasteiger partial charge < -0.3 is 5.11 Å². The lowest BCUT2D eigenvalue weighted by atomic mass is 9.93. The van der Waals surface area contributed by atoms with Crippen molar-refractivity contribution in [3.05, 3.63) is 35.6 Å². The maximum atomic E-state index is 13.0. The fraction of sp³-hybridized carbons (Fsp3) is 0.417. The molecule has 1 aliphatic heterocycles. The highest BCUT2D eigenvalue weighted by atomic mass is 19.1. The normalized spacial score (nSPS) is 25.3. The minimum absolute atomic E-state index is 0.0504. The van der Waals surface area contributed by atoms with Gasteiger partial charge in [0, 0.05) is 6.04 Å². The molecule has 1 aromatic rings. The van der Waals surface area contributed by atoms with Crippen molar-refractivity contribution >= 4 is 5.97 Å². The first-order valence-electron chi connectivity index (χ1n) is 5.41. The van der Waals surface area contributed by atoms with E-state index in [0.717, 1.165) is 18.4 Å². The largest absolute Gasteiger partial charge is 0.480 e. The van der Waals surface area contributed by atoms with Crippen molar-refractivity contribution in [2.24, 2.45) is 0 Å². The van der Waals surface area contributed by atoms with E-state index in [2.05, 4.69) is 5.32 Å². The molecule has 2 unspecified atom stereocenters. The standard InChI is InChI=1S/C12H14FNO2/c13-9-4-1-3-8(7-9)10-5-2-6-11(14-10)12(15)16/h1,3-4,7,10-11,14H,2,5-6H2,(H,15,16). The van der Waals surface area contributed by atoms with E-state index in [4.69, 9.17) is 5.11 Å². The molecule has 86 valence electrons. The molecule has 0 aromatic heterocycles. The maximum absolute atomic E-state index is 13.0. The zero-order valence-corrected chi connectivity index (χ0v) is 8.82. The second kappa shape index (κ2) is 4.61. The van der Waals surface area contributed by atoms with Crippen molar-refractivity contribution in [1.29, 1.82) is 0 Å². The number of aliphatic carboxylic acids is 1. The summed E-state index contributed by atoms with van der Waals surface area (Å²) in [6, 6.07) is 5.76. The summed E-state index contributed by atoms with van der Waals surface area (Å²) in [5.41, 5.74) is 0.825. The van der Waals surface area contributed by atoms with Crippen LogP contribution in [-0.4, -0.2) is 17.1 Å². The molecule has 0 radical (unpaired) electrons. The Kier molecular flexibility index (Phi) is 3.19. The number of halogens is 1. The van der Waals surface area contributed by atoms with Gasteiger partial charge in [-0.15, -0.1) is 0 Å². The fourth-order valence-corrected chi connectivity index (χ4v) is 2.12. The Morgan fingerprint density at radius 1 is 1.44 bits per heavy atom. The molecule has 2 atom stereocenters. The van der Waals surface area contributed by atoms with Gasteiger partial charge in [0.15, 0.2) is 0 Å². The molecular weight excluding hydrogens is 209 g/mol. The van der Waals surface area contributed by atoms with E-state index in [1.807, 2.05) is 6.07 Å². The summed E-state index contributed by atoms with van der Waals surface area (Å²) in [4.78, 5) is 10.9. The predicted octanol–water partition coefficient (Wildman–Crippen LogP) is 2.09. The third kappa shape index (κ3) is 2.39. The maximum Gasteiger partial charge on any atom is 0.320 e. The molecule has 0 spiro atoms. The third-order valence-corrected chi connectivity index (χ3v) is 2.94. The van der Waals surface area contributed by atoms with Crippen LogP contribution in [0.15, 0.2) is 24.3 Å². The first-order valence-corrected chi connectivity index (χ1v) is 5.41. The third-order valence-electron chi connectivity index (χ3n) is 2.94. The molecule has 0 aliphatic carbocycles. The summed E-state index contributed by atoms with van der Waals surface area (Å²) in [7, 11) is 0. The van der Waals surface area contributed by atoms with Gasteiger partial charge in [-0.05, 0) is 37.0 Å². The molecule has 2 N–H and O–H groups in total. The molecule has 1 fully saturated rings. The van der Waals surface area contributed by atoms with Gasteiger partial charge in [0.2, 0.25) is 0 Å². The van der Waals surface area contributed by atoms with E-state index in [-0.39, 0.29) is 11.9 Å². The number of carboxylic acids is 1. The first kappa shape index (κ1) is 11.1. The van der Waals surface area contributed by atoms with Crippen molar-refractivity contribution in [3.63, 3.8) is 0 Å². The highest BCUT2D eigenvalue weighted by molar-refractivity contribution is 5.73. The number of piperidine rings is 1. The Labute approximate surface area is 93.3 Å². The van der Waals surface area contributed by atoms with Crippen LogP contribution in [-0.2, 0) is 4.79 Å². The van der Waals surface area contributed by atoms with E-state index >= 15 is 0 Å². The summed E-state index contributed by atoms with van der Waals surface area (Å²) in [5.74, 6) is -1.11. The highest BCUT2D eigenvalue weighted by Crippen LogP contribution is 2.25. The van der Waals surface area contributed by atoms with E-state index in [0.29, 0.717) is 6.42 Å². The van der Waals surface area contributed by atoms with Crippen LogP contribution in [0.5, 0.6) is 0 Å². The Bertz CT molecular complexity index is 394. The van der Waals surface area contributed by atoms with Crippen molar-refractivity contribution in [1.82, 2.24) is 5.32 Å². The van der Waals surface area contributed by atoms with Crippen LogP contribution in [0, 0.1) is 5.82 Å². The van der Waals surface area contributed by atoms with Crippen LogP contribution >= 0.6 is 0 Å². The van der Waals surface area contributed by atoms with E-state index < -0.39 is 12.0 Å². The van der Waals surface area contributed by atoms with Gasteiger partial charge >= 0.3 is 5.97 Å². The summed E-state index contributed by atoms with van der Waals surface area (Å²) in [6.07, 6.45) is 2.35. The number of carboxylic acid groups (broad SMARTS) is 1. The van der Waals surface area contributed by atoms with Crippen LogP contribution < -0.4 is 5.32 Å². The van der Waals surface area contributed by atoms with Crippen LogP contribution in [0.25, 0.3) is 0 Å². The predicted molar refractivity (Wildman–Crippen MR) is 57.6 cm³/mol.